The molecule has 0 aromatic heterocycles. The Labute approximate surface area is 91.2 Å². The summed E-state index contributed by atoms with van der Waals surface area (Å²) in [6, 6.07) is 6.46. The molecule has 5 nitrogen and oxygen atoms in total. The molecule has 1 heterocycles. The summed E-state index contributed by atoms with van der Waals surface area (Å²) in [7, 11) is 0. The van der Waals surface area contributed by atoms with Crippen LogP contribution in [-0.4, -0.2) is 16.7 Å². The van der Waals surface area contributed by atoms with E-state index < -0.39 is 4.92 Å². The van der Waals surface area contributed by atoms with Crippen LogP contribution in [0.1, 0.15) is 5.56 Å². The van der Waals surface area contributed by atoms with Crippen molar-refractivity contribution in [2.24, 2.45) is 11.1 Å². The highest BCUT2D eigenvalue weighted by atomic mass is 16.6. The van der Waals surface area contributed by atoms with Crippen molar-refractivity contribution in [3.8, 4) is 0 Å². The fraction of sp³-hybridized carbons (Fsp3) is 0.182. The molecule has 0 saturated heterocycles. The summed E-state index contributed by atoms with van der Waals surface area (Å²) < 4.78 is 0. The summed E-state index contributed by atoms with van der Waals surface area (Å²) in [6.07, 6.45) is 3.95. The smallest absolute Gasteiger partial charge is 0.270 e. The first-order chi connectivity index (χ1) is 7.75. The number of fused-ring (bicyclic) bond motifs is 1. The molecule has 2 unspecified atom stereocenters. The molecular weight excluding hydrogens is 208 g/mol. The Hall–Kier alpha value is -2.17. The number of benzene rings is 1. The van der Waals surface area contributed by atoms with E-state index in [1.165, 1.54) is 12.1 Å². The van der Waals surface area contributed by atoms with Gasteiger partial charge in [0.1, 0.15) is 0 Å². The Balaban J connectivity index is 1.98. The molecule has 0 fully saturated rings. The number of nitro benzene ring substituents is 1. The summed E-state index contributed by atoms with van der Waals surface area (Å²) in [5.74, 6) is 0.155. The summed E-state index contributed by atoms with van der Waals surface area (Å²) in [5.41, 5.74) is 1.61. The lowest BCUT2D eigenvalue weighted by Crippen LogP contribution is -2.27. The summed E-state index contributed by atoms with van der Waals surface area (Å²) in [5, 5.41) is 14.6. The summed E-state index contributed by atoms with van der Waals surface area (Å²) >= 11 is 0. The zero-order valence-corrected chi connectivity index (χ0v) is 8.24. The van der Waals surface area contributed by atoms with Crippen LogP contribution in [0.25, 0.3) is 0 Å². The first kappa shape index (κ1) is 9.08. The van der Waals surface area contributed by atoms with E-state index in [1.807, 2.05) is 18.2 Å². The van der Waals surface area contributed by atoms with Gasteiger partial charge in [0.2, 0.25) is 0 Å². The predicted octanol–water partition coefficient (Wildman–Crippen LogP) is 1.88. The van der Waals surface area contributed by atoms with Gasteiger partial charge in [0.05, 0.1) is 16.6 Å². The van der Waals surface area contributed by atoms with Gasteiger partial charge in [-0.2, -0.15) is 0 Å². The van der Waals surface area contributed by atoms with E-state index in [4.69, 9.17) is 4.84 Å². The van der Waals surface area contributed by atoms with Crippen molar-refractivity contribution in [1.29, 1.82) is 0 Å². The minimum absolute atomic E-state index is 0.0225. The second kappa shape index (κ2) is 3.16. The van der Waals surface area contributed by atoms with Gasteiger partial charge in [0.25, 0.3) is 5.69 Å². The molecule has 16 heavy (non-hydrogen) atoms. The molecule has 1 aliphatic carbocycles. The van der Waals surface area contributed by atoms with Crippen LogP contribution in [0, 0.1) is 16.0 Å². The standard InChI is InChI=1S/C11H8N2O3/c14-13(15)8-3-1-2-7(6-8)11-9-4-5-10(9)16-12-11/h1-6,9-10H. The van der Waals surface area contributed by atoms with Crippen molar-refractivity contribution in [3.05, 3.63) is 52.1 Å². The van der Waals surface area contributed by atoms with Crippen molar-refractivity contribution in [1.82, 2.24) is 0 Å². The van der Waals surface area contributed by atoms with E-state index >= 15 is 0 Å². The molecule has 0 radical (unpaired) electrons. The molecule has 0 N–H and O–H groups in total. The third-order valence-corrected chi connectivity index (χ3v) is 2.80. The average molecular weight is 216 g/mol. The van der Waals surface area contributed by atoms with Crippen LogP contribution in [0.3, 0.4) is 0 Å². The molecule has 1 aromatic rings. The van der Waals surface area contributed by atoms with Gasteiger partial charge in [0.15, 0.2) is 6.10 Å². The number of hydrogen-bond donors (Lipinski definition) is 0. The van der Waals surface area contributed by atoms with Crippen LogP contribution in [0.4, 0.5) is 5.69 Å². The lowest BCUT2D eigenvalue weighted by atomic mass is 9.85. The second-order valence-electron chi connectivity index (χ2n) is 3.76. The van der Waals surface area contributed by atoms with Crippen LogP contribution >= 0.6 is 0 Å². The molecule has 2 aliphatic rings. The number of oxime groups is 1. The molecule has 0 bridgehead atoms. The topological polar surface area (TPSA) is 64.7 Å². The van der Waals surface area contributed by atoms with Gasteiger partial charge in [-0.05, 0) is 6.08 Å². The Bertz CT molecular complexity index is 522. The van der Waals surface area contributed by atoms with E-state index in [2.05, 4.69) is 5.16 Å². The van der Waals surface area contributed by atoms with Crippen molar-refractivity contribution in [2.75, 3.05) is 0 Å². The largest absolute Gasteiger partial charge is 0.387 e. The average Bonchev–Trinajstić information content (AvgIpc) is 2.54. The Morgan fingerprint density at radius 3 is 2.88 bits per heavy atom. The first-order valence-electron chi connectivity index (χ1n) is 4.92. The molecule has 3 rings (SSSR count). The highest BCUT2D eigenvalue weighted by Gasteiger charge is 2.37. The second-order valence-corrected chi connectivity index (χ2v) is 3.76. The quantitative estimate of drug-likeness (QED) is 0.430. The zero-order chi connectivity index (χ0) is 11.1. The highest BCUT2D eigenvalue weighted by molar-refractivity contribution is 6.05. The number of nitrogens with zero attached hydrogens (tertiary/aromatic N) is 2. The Morgan fingerprint density at radius 2 is 2.25 bits per heavy atom. The minimum atomic E-state index is -0.409. The van der Waals surface area contributed by atoms with Gasteiger partial charge < -0.3 is 4.84 Å². The lowest BCUT2D eigenvalue weighted by Gasteiger charge is -2.19. The van der Waals surface area contributed by atoms with Gasteiger partial charge in [-0.1, -0.05) is 23.4 Å². The van der Waals surface area contributed by atoms with Crippen LogP contribution in [0.5, 0.6) is 0 Å². The molecule has 0 amide bonds. The fourth-order valence-electron chi connectivity index (χ4n) is 1.86. The maximum absolute atomic E-state index is 10.6. The molecule has 5 heteroatoms. The van der Waals surface area contributed by atoms with Crippen LogP contribution in [0.15, 0.2) is 41.6 Å². The van der Waals surface area contributed by atoms with Crippen molar-refractivity contribution < 1.29 is 9.76 Å². The first-order valence-corrected chi connectivity index (χ1v) is 4.92. The van der Waals surface area contributed by atoms with Gasteiger partial charge in [-0.25, -0.2) is 0 Å². The van der Waals surface area contributed by atoms with Gasteiger partial charge in [-0.3, -0.25) is 10.1 Å². The van der Waals surface area contributed by atoms with Gasteiger partial charge >= 0.3 is 0 Å². The van der Waals surface area contributed by atoms with Crippen molar-refractivity contribution in [3.63, 3.8) is 0 Å². The van der Waals surface area contributed by atoms with E-state index in [0.29, 0.717) is 0 Å². The van der Waals surface area contributed by atoms with E-state index in [-0.39, 0.29) is 17.7 Å². The van der Waals surface area contributed by atoms with Crippen LogP contribution in [0.2, 0.25) is 0 Å². The number of nitro groups is 1. The third-order valence-electron chi connectivity index (χ3n) is 2.80. The van der Waals surface area contributed by atoms with Gasteiger partial charge in [-0.15, -0.1) is 0 Å². The van der Waals surface area contributed by atoms with Crippen molar-refractivity contribution >= 4 is 11.4 Å². The molecule has 80 valence electrons. The monoisotopic (exact) mass is 216 g/mol. The lowest BCUT2D eigenvalue weighted by molar-refractivity contribution is -0.384. The van der Waals surface area contributed by atoms with Crippen LogP contribution in [-0.2, 0) is 4.84 Å². The maximum Gasteiger partial charge on any atom is 0.270 e. The zero-order valence-electron chi connectivity index (χ0n) is 8.24. The molecule has 0 saturated carbocycles. The molecule has 1 aromatic carbocycles. The Kier molecular flexibility index (Phi) is 1.80. The van der Waals surface area contributed by atoms with Gasteiger partial charge in [0, 0.05) is 17.7 Å². The Morgan fingerprint density at radius 1 is 1.38 bits per heavy atom. The molecule has 0 spiro atoms. The van der Waals surface area contributed by atoms with Crippen molar-refractivity contribution in [2.45, 2.75) is 6.10 Å². The summed E-state index contributed by atoms with van der Waals surface area (Å²) in [6.45, 7) is 0. The van der Waals surface area contributed by atoms with E-state index in [9.17, 15) is 10.1 Å². The minimum Gasteiger partial charge on any atom is -0.387 e. The third kappa shape index (κ3) is 1.21. The SMILES string of the molecule is O=[N+]([O-])c1cccc(C2=NOC3C=CC23)c1. The number of rotatable bonds is 2. The van der Waals surface area contributed by atoms with Crippen LogP contribution < -0.4 is 0 Å². The molecule has 1 aliphatic heterocycles. The fourth-order valence-corrected chi connectivity index (χ4v) is 1.86. The normalized spacial score (nSPS) is 25.4. The number of non-ortho nitro benzene ring substituents is 1. The van der Waals surface area contributed by atoms with E-state index in [0.717, 1.165) is 11.3 Å². The predicted molar refractivity (Wildman–Crippen MR) is 57.1 cm³/mol. The number of hydrogen-bond acceptors (Lipinski definition) is 4. The summed E-state index contributed by atoms with van der Waals surface area (Å²) in [4.78, 5) is 15.4. The molecule has 2 atom stereocenters. The maximum atomic E-state index is 10.6. The van der Waals surface area contributed by atoms with E-state index in [1.54, 1.807) is 6.07 Å². The highest BCUT2D eigenvalue weighted by Crippen LogP contribution is 2.32. The molecular formula is C11H8N2O3.